The first-order valence-corrected chi connectivity index (χ1v) is 8.70. The fourth-order valence-corrected chi connectivity index (χ4v) is 3.25. The van der Waals surface area contributed by atoms with Crippen LogP contribution in [0, 0.1) is 0 Å². The minimum atomic E-state index is -3.19. The SMILES string of the molecule is CS(=O)(=O)c1ccc(Cn2cnc3c(c2=O)CCC3)cc1. The number of hydrogen-bond acceptors (Lipinski definition) is 4. The molecule has 0 fully saturated rings. The average molecular weight is 304 g/mol. The van der Waals surface area contributed by atoms with Gasteiger partial charge in [-0.2, -0.15) is 0 Å². The third-order valence-corrected chi connectivity index (χ3v) is 4.89. The van der Waals surface area contributed by atoms with Gasteiger partial charge in [-0.15, -0.1) is 0 Å². The number of nitrogens with zero attached hydrogens (tertiary/aromatic N) is 2. The summed E-state index contributed by atoms with van der Waals surface area (Å²) >= 11 is 0. The van der Waals surface area contributed by atoms with E-state index in [0.29, 0.717) is 6.54 Å². The summed E-state index contributed by atoms with van der Waals surface area (Å²) in [6, 6.07) is 6.60. The van der Waals surface area contributed by atoms with Crippen molar-refractivity contribution in [1.29, 1.82) is 0 Å². The maximum absolute atomic E-state index is 12.3. The van der Waals surface area contributed by atoms with Crippen molar-refractivity contribution in [3.8, 4) is 0 Å². The van der Waals surface area contributed by atoms with Crippen molar-refractivity contribution in [2.75, 3.05) is 6.26 Å². The predicted octanol–water partition coefficient (Wildman–Crippen LogP) is 1.18. The van der Waals surface area contributed by atoms with Crippen molar-refractivity contribution >= 4 is 9.84 Å². The zero-order valence-electron chi connectivity index (χ0n) is 11.7. The number of benzene rings is 1. The number of aromatic nitrogens is 2. The standard InChI is InChI=1S/C15H16N2O3S/c1-21(19,20)12-7-5-11(6-8-12)9-17-10-16-14-4-2-3-13(14)15(17)18/h5-8,10H,2-4,9H2,1H3. The van der Waals surface area contributed by atoms with E-state index >= 15 is 0 Å². The normalized spacial score (nSPS) is 14.1. The van der Waals surface area contributed by atoms with E-state index in [9.17, 15) is 13.2 Å². The fraction of sp³-hybridized carbons (Fsp3) is 0.333. The Morgan fingerprint density at radius 2 is 1.90 bits per heavy atom. The lowest BCUT2D eigenvalue weighted by Gasteiger charge is -2.08. The van der Waals surface area contributed by atoms with Crippen LogP contribution in [0.2, 0.25) is 0 Å². The van der Waals surface area contributed by atoms with Gasteiger partial charge >= 0.3 is 0 Å². The van der Waals surface area contributed by atoms with Gasteiger partial charge in [0.15, 0.2) is 9.84 Å². The van der Waals surface area contributed by atoms with Crippen LogP contribution >= 0.6 is 0 Å². The molecule has 0 bridgehead atoms. The molecule has 1 aliphatic carbocycles. The Bertz CT molecular complexity index is 836. The van der Waals surface area contributed by atoms with Crippen molar-refractivity contribution < 1.29 is 8.42 Å². The summed E-state index contributed by atoms with van der Waals surface area (Å²) < 4.78 is 24.4. The maximum atomic E-state index is 12.3. The van der Waals surface area contributed by atoms with Gasteiger partial charge in [0.05, 0.1) is 23.5 Å². The number of rotatable bonds is 3. The molecule has 0 unspecified atom stereocenters. The summed E-state index contributed by atoms with van der Waals surface area (Å²) in [7, 11) is -3.19. The minimum absolute atomic E-state index is 0.0182. The van der Waals surface area contributed by atoms with Crippen LogP contribution in [0.5, 0.6) is 0 Å². The highest BCUT2D eigenvalue weighted by Gasteiger charge is 2.17. The number of hydrogen-bond donors (Lipinski definition) is 0. The fourth-order valence-electron chi connectivity index (χ4n) is 2.62. The van der Waals surface area contributed by atoms with E-state index in [0.717, 1.165) is 36.1 Å². The van der Waals surface area contributed by atoms with E-state index in [-0.39, 0.29) is 10.5 Å². The number of sulfone groups is 1. The summed E-state index contributed by atoms with van der Waals surface area (Å²) in [5.74, 6) is 0. The maximum Gasteiger partial charge on any atom is 0.257 e. The van der Waals surface area contributed by atoms with Crippen LogP contribution in [0.15, 0.2) is 40.3 Å². The van der Waals surface area contributed by atoms with Gasteiger partial charge < -0.3 is 0 Å². The van der Waals surface area contributed by atoms with Crippen LogP contribution in [-0.2, 0) is 29.2 Å². The van der Waals surface area contributed by atoms with Crippen LogP contribution in [0.25, 0.3) is 0 Å². The third kappa shape index (κ3) is 2.76. The Morgan fingerprint density at radius 3 is 2.57 bits per heavy atom. The first kappa shape index (κ1) is 14.0. The van der Waals surface area contributed by atoms with Crippen molar-refractivity contribution in [2.24, 2.45) is 0 Å². The molecule has 3 rings (SSSR count). The van der Waals surface area contributed by atoms with E-state index in [1.807, 2.05) is 0 Å². The topological polar surface area (TPSA) is 69.0 Å². The number of aryl methyl sites for hydroxylation is 1. The number of fused-ring (bicyclic) bond motifs is 1. The average Bonchev–Trinajstić information content (AvgIpc) is 2.91. The van der Waals surface area contributed by atoms with Gasteiger partial charge in [-0.25, -0.2) is 13.4 Å². The molecule has 0 aliphatic heterocycles. The van der Waals surface area contributed by atoms with Gasteiger partial charge in [0.25, 0.3) is 5.56 Å². The summed E-state index contributed by atoms with van der Waals surface area (Å²) in [6.45, 7) is 0.406. The lowest BCUT2D eigenvalue weighted by Crippen LogP contribution is -2.24. The van der Waals surface area contributed by atoms with Gasteiger partial charge in [-0.05, 0) is 37.0 Å². The van der Waals surface area contributed by atoms with Crippen molar-refractivity contribution in [3.63, 3.8) is 0 Å². The Labute approximate surface area is 123 Å². The second-order valence-electron chi connectivity index (χ2n) is 5.37. The quantitative estimate of drug-likeness (QED) is 0.854. The van der Waals surface area contributed by atoms with Gasteiger partial charge in [0.1, 0.15) is 0 Å². The largest absolute Gasteiger partial charge is 0.295 e. The second-order valence-corrected chi connectivity index (χ2v) is 7.39. The summed E-state index contributed by atoms with van der Waals surface area (Å²) in [5.41, 5.74) is 2.64. The molecule has 0 atom stereocenters. The van der Waals surface area contributed by atoms with Crippen LogP contribution in [0.1, 0.15) is 23.2 Å². The summed E-state index contributed by atoms with van der Waals surface area (Å²) in [5, 5.41) is 0. The summed E-state index contributed by atoms with van der Waals surface area (Å²) in [6.07, 6.45) is 5.43. The van der Waals surface area contributed by atoms with Gasteiger partial charge in [-0.1, -0.05) is 12.1 Å². The molecule has 6 heteroatoms. The monoisotopic (exact) mass is 304 g/mol. The molecule has 1 aromatic carbocycles. The van der Waals surface area contributed by atoms with Crippen molar-refractivity contribution in [2.45, 2.75) is 30.7 Å². The van der Waals surface area contributed by atoms with E-state index in [2.05, 4.69) is 4.98 Å². The molecule has 1 aliphatic rings. The van der Waals surface area contributed by atoms with Crippen molar-refractivity contribution in [3.05, 3.63) is 57.8 Å². The molecular weight excluding hydrogens is 288 g/mol. The smallest absolute Gasteiger partial charge is 0.257 e. The molecule has 5 nitrogen and oxygen atoms in total. The highest BCUT2D eigenvalue weighted by atomic mass is 32.2. The molecule has 0 amide bonds. The zero-order valence-corrected chi connectivity index (χ0v) is 12.6. The van der Waals surface area contributed by atoms with Gasteiger partial charge in [-0.3, -0.25) is 9.36 Å². The van der Waals surface area contributed by atoms with E-state index < -0.39 is 9.84 Å². The van der Waals surface area contributed by atoms with Gasteiger partial charge in [0.2, 0.25) is 0 Å². The molecule has 0 radical (unpaired) electrons. The van der Waals surface area contributed by atoms with Gasteiger partial charge in [0, 0.05) is 11.8 Å². The third-order valence-electron chi connectivity index (χ3n) is 3.77. The summed E-state index contributed by atoms with van der Waals surface area (Å²) in [4.78, 5) is 16.9. The van der Waals surface area contributed by atoms with Crippen LogP contribution in [0.4, 0.5) is 0 Å². The first-order chi connectivity index (χ1) is 9.95. The molecule has 1 heterocycles. The molecule has 0 N–H and O–H groups in total. The highest BCUT2D eigenvalue weighted by molar-refractivity contribution is 7.90. The molecule has 0 saturated carbocycles. The molecule has 0 spiro atoms. The van der Waals surface area contributed by atoms with E-state index in [4.69, 9.17) is 0 Å². The predicted molar refractivity (Wildman–Crippen MR) is 79.2 cm³/mol. The Morgan fingerprint density at radius 1 is 1.19 bits per heavy atom. The first-order valence-electron chi connectivity index (χ1n) is 6.81. The molecule has 2 aromatic rings. The van der Waals surface area contributed by atoms with Crippen molar-refractivity contribution in [1.82, 2.24) is 9.55 Å². The van der Waals surface area contributed by atoms with Crippen LogP contribution < -0.4 is 5.56 Å². The van der Waals surface area contributed by atoms with E-state index in [1.54, 1.807) is 35.2 Å². The second kappa shape index (κ2) is 5.11. The molecule has 1 aromatic heterocycles. The lowest BCUT2D eigenvalue weighted by molar-refractivity contribution is 0.602. The Hall–Kier alpha value is -1.95. The zero-order chi connectivity index (χ0) is 15.0. The Kier molecular flexibility index (Phi) is 3.41. The minimum Gasteiger partial charge on any atom is -0.295 e. The van der Waals surface area contributed by atoms with Crippen LogP contribution in [-0.4, -0.2) is 24.2 Å². The molecule has 21 heavy (non-hydrogen) atoms. The molecule has 0 saturated heterocycles. The Balaban J connectivity index is 1.89. The highest BCUT2D eigenvalue weighted by Crippen LogP contribution is 2.16. The molecular formula is C15H16N2O3S. The lowest BCUT2D eigenvalue weighted by atomic mass is 10.2. The van der Waals surface area contributed by atoms with Crippen LogP contribution in [0.3, 0.4) is 0 Å². The molecule has 110 valence electrons. The van der Waals surface area contributed by atoms with E-state index in [1.165, 1.54) is 6.26 Å².